The van der Waals surface area contributed by atoms with Gasteiger partial charge in [-0.3, -0.25) is 0 Å². The Labute approximate surface area is 90.8 Å². The number of rotatable bonds is 6. The van der Waals surface area contributed by atoms with Crippen molar-refractivity contribution in [2.45, 2.75) is 12.5 Å². The van der Waals surface area contributed by atoms with E-state index in [1.807, 2.05) is 0 Å². The highest BCUT2D eigenvalue weighted by Crippen LogP contribution is 2.16. The maximum Gasteiger partial charge on any atom is 0.154 e. The highest BCUT2D eigenvalue weighted by atomic mass is 32.2. The van der Waals surface area contributed by atoms with Gasteiger partial charge >= 0.3 is 0 Å². The standard InChI is InChI=1S/C9H19NO4S/c1-13-4-5-15(11,12)7-9(10)8-2-3-14-6-8/h8-9H,2-7,10H2,1H3. The third-order valence-corrected chi connectivity index (χ3v) is 4.30. The summed E-state index contributed by atoms with van der Waals surface area (Å²) in [6, 6.07) is -0.311. The van der Waals surface area contributed by atoms with Gasteiger partial charge < -0.3 is 15.2 Å². The Morgan fingerprint density at radius 3 is 2.87 bits per heavy atom. The van der Waals surface area contributed by atoms with E-state index in [-0.39, 0.29) is 30.1 Å². The molecule has 1 aliphatic rings. The summed E-state index contributed by atoms with van der Waals surface area (Å²) < 4.78 is 33.0. The molecule has 0 radical (unpaired) electrons. The number of sulfone groups is 1. The van der Waals surface area contributed by atoms with Crippen LogP contribution in [0.1, 0.15) is 6.42 Å². The lowest BCUT2D eigenvalue weighted by Crippen LogP contribution is -2.38. The van der Waals surface area contributed by atoms with Gasteiger partial charge in [0.05, 0.1) is 24.7 Å². The molecule has 0 aliphatic carbocycles. The quantitative estimate of drug-likeness (QED) is 0.668. The minimum Gasteiger partial charge on any atom is -0.384 e. The molecule has 5 nitrogen and oxygen atoms in total. The van der Waals surface area contributed by atoms with Crippen LogP contribution in [0.2, 0.25) is 0 Å². The molecule has 0 saturated carbocycles. The number of ether oxygens (including phenoxy) is 2. The molecular formula is C9H19NO4S. The summed E-state index contributed by atoms with van der Waals surface area (Å²) in [5, 5.41) is 0. The summed E-state index contributed by atoms with van der Waals surface area (Å²) in [6.07, 6.45) is 0.862. The number of nitrogens with two attached hydrogens (primary N) is 1. The van der Waals surface area contributed by atoms with Crippen molar-refractivity contribution in [2.75, 3.05) is 38.4 Å². The van der Waals surface area contributed by atoms with E-state index < -0.39 is 9.84 Å². The Hall–Kier alpha value is -0.170. The van der Waals surface area contributed by atoms with E-state index in [0.717, 1.165) is 6.42 Å². The second-order valence-electron chi connectivity index (χ2n) is 3.89. The molecule has 1 aliphatic heterocycles. The van der Waals surface area contributed by atoms with Crippen LogP contribution >= 0.6 is 0 Å². The van der Waals surface area contributed by atoms with Crippen LogP contribution in [0.15, 0.2) is 0 Å². The maximum absolute atomic E-state index is 11.6. The predicted molar refractivity (Wildman–Crippen MR) is 57.4 cm³/mol. The first-order valence-corrected chi connectivity index (χ1v) is 6.90. The smallest absolute Gasteiger partial charge is 0.154 e. The fourth-order valence-corrected chi connectivity index (χ4v) is 3.06. The summed E-state index contributed by atoms with van der Waals surface area (Å²) in [4.78, 5) is 0. The molecule has 0 aromatic carbocycles. The summed E-state index contributed by atoms with van der Waals surface area (Å²) in [6.45, 7) is 1.51. The molecule has 2 atom stereocenters. The lowest BCUT2D eigenvalue weighted by molar-refractivity contribution is 0.182. The molecule has 2 N–H and O–H groups in total. The highest BCUT2D eigenvalue weighted by molar-refractivity contribution is 7.91. The molecule has 0 aromatic heterocycles. The zero-order valence-electron chi connectivity index (χ0n) is 9.02. The second-order valence-corrected chi connectivity index (χ2v) is 6.12. The summed E-state index contributed by atoms with van der Waals surface area (Å²) >= 11 is 0. The van der Waals surface area contributed by atoms with Crippen LogP contribution in [0.5, 0.6) is 0 Å². The van der Waals surface area contributed by atoms with Crippen molar-refractivity contribution in [2.24, 2.45) is 11.7 Å². The maximum atomic E-state index is 11.6. The zero-order valence-corrected chi connectivity index (χ0v) is 9.83. The Morgan fingerprint density at radius 1 is 1.60 bits per heavy atom. The monoisotopic (exact) mass is 237 g/mol. The SMILES string of the molecule is COCCS(=O)(=O)CC(N)C1CCOC1. The number of methoxy groups -OCH3 is 1. The van der Waals surface area contributed by atoms with E-state index in [2.05, 4.69) is 0 Å². The van der Waals surface area contributed by atoms with Crippen molar-refractivity contribution in [3.05, 3.63) is 0 Å². The first kappa shape index (κ1) is 12.9. The first-order valence-electron chi connectivity index (χ1n) is 5.08. The minimum atomic E-state index is -3.09. The second kappa shape index (κ2) is 5.79. The topological polar surface area (TPSA) is 78.6 Å². The molecule has 15 heavy (non-hydrogen) atoms. The summed E-state index contributed by atoms with van der Waals surface area (Å²) in [7, 11) is -1.60. The van der Waals surface area contributed by atoms with Gasteiger partial charge in [-0.1, -0.05) is 0 Å². The van der Waals surface area contributed by atoms with Gasteiger partial charge in [0.15, 0.2) is 9.84 Å². The summed E-state index contributed by atoms with van der Waals surface area (Å²) in [5.41, 5.74) is 5.84. The van der Waals surface area contributed by atoms with Crippen molar-refractivity contribution in [1.29, 1.82) is 0 Å². The van der Waals surface area contributed by atoms with Crippen molar-refractivity contribution < 1.29 is 17.9 Å². The molecule has 1 fully saturated rings. The van der Waals surface area contributed by atoms with Crippen LogP contribution in [0.4, 0.5) is 0 Å². The van der Waals surface area contributed by atoms with Gasteiger partial charge in [-0.25, -0.2) is 8.42 Å². The highest BCUT2D eigenvalue weighted by Gasteiger charge is 2.26. The Bertz CT molecular complexity index is 272. The van der Waals surface area contributed by atoms with Gasteiger partial charge in [-0.05, 0) is 6.42 Å². The van der Waals surface area contributed by atoms with E-state index in [9.17, 15) is 8.42 Å². The fourth-order valence-electron chi connectivity index (χ4n) is 1.61. The molecule has 0 bridgehead atoms. The molecule has 90 valence electrons. The van der Waals surface area contributed by atoms with Gasteiger partial charge in [-0.15, -0.1) is 0 Å². The van der Waals surface area contributed by atoms with Gasteiger partial charge in [-0.2, -0.15) is 0 Å². The molecule has 6 heteroatoms. The van der Waals surface area contributed by atoms with Gasteiger partial charge in [0.2, 0.25) is 0 Å². The average molecular weight is 237 g/mol. The van der Waals surface area contributed by atoms with Crippen LogP contribution in [0.25, 0.3) is 0 Å². The van der Waals surface area contributed by atoms with E-state index in [0.29, 0.717) is 13.2 Å². The van der Waals surface area contributed by atoms with Crippen LogP contribution < -0.4 is 5.73 Å². The molecule has 2 unspecified atom stereocenters. The summed E-state index contributed by atoms with van der Waals surface area (Å²) in [5.74, 6) is 0.261. The molecular weight excluding hydrogens is 218 g/mol. The largest absolute Gasteiger partial charge is 0.384 e. The Kier molecular flexibility index (Phi) is 4.98. The van der Waals surface area contributed by atoms with Crippen molar-refractivity contribution in [3.8, 4) is 0 Å². The molecule has 1 saturated heterocycles. The molecule has 0 spiro atoms. The molecule has 0 aromatic rings. The first-order chi connectivity index (χ1) is 7.05. The van der Waals surface area contributed by atoms with Crippen LogP contribution in [-0.4, -0.2) is 52.9 Å². The van der Waals surface area contributed by atoms with Crippen LogP contribution in [0, 0.1) is 5.92 Å². The van der Waals surface area contributed by atoms with E-state index in [1.165, 1.54) is 7.11 Å². The van der Waals surface area contributed by atoms with Gasteiger partial charge in [0.25, 0.3) is 0 Å². The predicted octanol–water partition coefficient (Wildman–Crippen LogP) is -0.589. The Morgan fingerprint density at radius 2 is 2.33 bits per heavy atom. The van der Waals surface area contributed by atoms with Crippen molar-refractivity contribution in [3.63, 3.8) is 0 Å². The van der Waals surface area contributed by atoms with Gasteiger partial charge in [0.1, 0.15) is 0 Å². The molecule has 0 amide bonds. The lowest BCUT2D eigenvalue weighted by Gasteiger charge is -2.17. The van der Waals surface area contributed by atoms with E-state index >= 15 is 0 Å². The lowest BCUT2D eigenvalue weighted by atomic mass is 10.0. The third kappa shape index (κ3) is 4.46. The average Bonchev–Trinajstić information content (AvgIpc) is 2.67. The van der Waals surface area contributed by atoms with Crippen LogP contribution in [0.3, 0.4) is 0 Å². The molecule has 1 heterocycles. The van der Waals surface area contributed by atoms with E-state index in [4.69, 9.17) is 15.2 Å². The van der Waals surface area contributed by atoms with Crippen LogP contribution in [-0.2, 0) is 19.3 Å². The normalized spacial score (nSPS) is 24.3. The number of hydrogen-bond donors (Lipinski definition) is 1. The third-order valence-electron chi connectivity index (χ3n) is 2.62. The number of hydrogen-bond acceptors (Lipinski definition) is 5. The minimum absolute atomic E-state index is 0.0321. The molecule has 1 rings (SSSR count). The van der Waals surface area contributed by atoms with Crippen molar-refractivity contribution >= 4 is 9.84 Å². The van der Waals surface area contributed by atoms with Gasteiger partial charge in [0, 0.05) is 25.7 Å². The van der Waals surface area contributed by atoms with E-state index in [1.54, 1.807) is 0 Å². The fraction of sp³-hybridized carbons (Fsp3) is 1.00. The Balaban J connectivity index is 2.38. The van der Waals surface area contributed by atoms with Crippen molar-refractivity contribution in [1.82, 2.24) is 0 Å². The zero-order chi connectivity index (χ0) is 11.3.